The van der Waals surface area contributed by atoms with Crippen molar-refractivity contribution in [1.82, 2.24) is 0 Å². The van der Waals surface area contributed by atoms with Gasteiger partial charge in [0.05, 0.1) is 5.56 Å². The molecular formula is C14H19NO2. The molecule has 0 spiro atoms. The predicted molar refractivity (Wildman–Crippen MR) is 67.2 cm³/mol. The highest BCUT2D eigenvalue weighted by Gasteiger charge is 2.18. The van der Waals surface area contributed by atoms with Crippen molar-refractivity contribution in [2.45, 2.75) is 44.1 Å². The number of benzene rings is 1. The van der Waals surface area contributed by atoms with E-state index in [0.29, 0.717) is 17.5 Å². The van der Waals surface area contributed by atoms with Crippen molar-refractivity contribution in [3.05, 3.63) is 35.4 Å². The van der Waals surface area contributed by atoms with Gasteiger partial charge < -0.3 is 10.8 Å². The van der Waals surface area contributed by atoms with E-state index in [1.54, 1.807) is 12.1 Å². The van der Waals surface area contributed by atoms with E-state index in [0.717, 1.165) is 19.3 Å². The predicted octanol–water partition coefficient (Wildman–Crippen LogP) is 2.76. The summed E-state index contributed by atoms with van der Waals surface area (Å²) in [5.41, 5.74) is 7.58. The molecule has 1 aliphatic rings. The van der Waals surface area contributed by atoms with Crippen LogP contribution in [-0.4, -0.2) is 17.1 Å². The van der Waals surface area contributed by atoms with Gasteiger partial charge in [-0.05, 0) is 49.3 Å². The highest BCUT2D eigenvalue weighted by atomic mass is 16.4. The number of aromatic carboxylic acids is 1. The summed E-state index contributed by atoms with van der Waals surface area (Å²) in [5, 5.41) is 8.85. The van der Waals surface area contributed by atoms with Crippen LogP contribution in [0.3, 0.4) is 0 Å². The quantitative estimate of drug-likeness (QED) is 0.772. The number of rotatable bonds is 2. The molecular weight excluding hydrogens is 214 g/mol. The molecule has 1 saturated carbocycles. The maximum Gasteiger partial charge on any atom is 0.335 e. The molecule has 0 radical (unpaired) electrons. The first-order chi connectivity index (χ1) is 8.16. The van der Waals surface area contributed by atoms with Crippen molar-refractivity contribution >= 4 is 5.97 Å². The molecule has 0 bridgehead atoms. The third-order valence-corrected chi connectivity index (χ3v) is 3.64. The summed E-state index contributed by atoms with van der Waals surface area (Å²) in [4.78, 5) is 10.8. The lowest BCUT2D eigenvalue weighted by molar-refractivity contribution is 0.0697. The van der Waals surface area contributed by atoms with Crippen LogP contribution in [0, 0.1) is 0 Å². The fourth-order valence-electron chi connectivity index (χ4n) is 2.56. The molecule has 92 valence electrons. The Morgan fingerprint density at radius 1 is 1.12 bits per heavy atom. The fraction of sp³-hybridized carbons (Fsp3) is 0.500. The van der Waals surface area contributed by atoms with Gasteiger partial charge in [-0.3, -0.25) is 0 Å². The molecule has 1 aliphatic carbocycles. The Balaban J connectivity index is 2.08. The molecule has 2 unspecified atom stereocenters. The molecule has 0 aliphatic heterocycles. The van der Waals surface area contributed by atoms with Crippen LogP contribution in [0.4, 0.5) is 0 Å². The third-order valence-electron chi connectivity index (χ3n) is 3.64. The zero-order valence-electron chi connectivity index (χ0n) is 9.93. The monoisotopic (exact) mass is 233 g/mol. The smallest absolute Gasteiger partial charge is 0.335 e. The van der Waals surface area contributed by atoms with E-state index >= 15 is 0 Å². The summed E-state index contributed by atoms with van der Waals surface area (Å²) in [6.07, 6.45) is 5.65. The highest BCUT2D eigenvalue weighted by molar-refractivity contribution is 5.87. The minimum Gasteiger partial charge on any atom is -0.478 e. The van der Waals surface area contributed by atoms with Crippen molar-refractivity contribution in [2.75, 3.05) is 0 Å². The molecule has 1 aromatic rings. The van der Waals surface area contributed by atoms with Crippen molar-refractivity contribution in [1.29, 1.82) is 0 Å². The van der Waals surface area contributed by atoms with Crippen LogP contribution < -0.4 is 5.73 Å². The third kappa shape index (κ3) is 3.07. The van der Waals surface area contributed by atoms with Gasteiger partial charge in [0.1, 0.15) is 0 Å². The average Bonchev–Trinajstić information content (AvgIpc) is 2.54. The maximum absolute atomic E-state index is 10.8. The average molecular weight is 233 g/mol. The summed E-state index contributed by atoms with van der Waals surface area (Å²) in [6.45, 7) is 0. The number of hydrogen-bond acceptors (Lipinski definition) is 2. The van der Waals surface area contributed by atoms with E-state index in [4.69, 9.17) is 10.8 Å². The molecule has 0 heterocycles. The Hall–Kier alpha value is -1.35. The van der Waals surface area contributed by atoms with Crippen LogP contribution in [0.5, 0.6) is 0 Å². The van der Waals surface area contributed by atoms with Crippen LogP contribution in [0.1, 0.15) is 53.9 Å². The summed E-state index contributed by atoms with van der Waals surface area (Å²) < 4.78 is 0. The SMILES string of the molecule is NC1CCCC(c2ccc(C(=O)O)cc2)CC1. The molecule has 3 heteroatoms. The summed E-state index contributed by atoms with van der Waals surface area (Å²) in [7, 11) is 0. The van der Waals surface area contributed by atoms with E-state index < -0.39 is 5.97 Å². The second kappa shape index (κ2) is 5.32. The van der Waals surface area contributed by atoms with Crippen LogP contribution in [0.15, 0.2) is 24.3 Å². The van der Waals surface area contributed by atoms with Gasteiger partial charge in [0, 0.05) is 6.04 Å². The number of carboxylic acid groups (broad SMARTS) is 1. The van der Waals surface area contributed by atoms with Crippen molar-refractivity contribution < 1.29 is 9.90 Å². The summed E-state index contributed by atoms with van der Waals surface area (Å²) in [6, 6.07) is 7.64. The van der Waals surface area contributed by atoms with Gasteiger partial charge in [-0.1, -0.05) is 18.6 Å². The second-order valence-electron chi connectivity index (χ2n) is 4.89. The number of hydrogen-bond donors (Lipinski definition) is 2. The molecule has 2 atom stereocenters. The summed E-state index contributed by atoms with van der Waals surface area (Å²) >= 11 is 0. The minimum absolute atomic E-state index is 0.346. The van der Waals surface area contributed by atoms with Crippen LogP contribution in [-0.2, 0) is 0 Å². The Kier molecular flexibility index (Phi) is 3.79. The van der Waals surface area contributed by atoms with E-state index in [-0.39, 0.29) is 0 Å². The molecule has 3 N–H and O–H groups in total. The van der Waals surface area contributed by atoms with Gasteiger partial charge in [-0.2, -0.15) is 0 Å². The standard InChI is InChI=1S/C14H19NO2/c15-13-3-1-2-10(8-9-13)11-4-6-12(7-5-11)14(16)17/h4-7,10,13H,1-3,8-9,15H2,(H,16,17). The van der Waals surface area contributed by atoms with Gasteiger partial charge in [-0.25, -0.2) is 4.79 Å². The molecule has 1 aromatic carbocycles. The Labute approximate surface area is 102 Å². The fourth-order valence-corrected chi connectivity index (χ4v) is 2.56. The minimum atomic E-state index is -0.862. The van der Waals surface area contributed by atoms with Crippen LogP contribution >= 0.6 is 0 Å². The largest absolute Gasteiger partial charge is 0.478 e. The molecule has 3 nitrogen and oxygen atoms in total. The maximum atomic E-state index is 10.8. The lowest BCUT2D eigenvalue weighted by Crippen LogP contribution is -2.17. The lowest BCUT2D eigenvalue weighted by Gasteiger charge is -2.14. The molecule has 17 heavy (non-hydrogen) atoms. The Bertz CT molecular complexity index is 386. The van der Waals surface area contributed by atoms with E-state index in [9.17, 15) is 4.79 Å². The van der Waals surface area contributed by atoms with Crippen molar-refractivity contribution in [3.63, 3.8) is 0 Å². The molecule has 0 aromatic heterocycles. The molecule has 0 saturated heterocycles. The number of carboxylic acids is 1. The van der Waals surface area contributed by atoms with E-state index in [1.165, 1.54) is 18.4 Å². The zero-order chi connectivity index (χ0) is 12.3. The Morgan fingerprint density at radius 2 is 1.82 bits per heavy atom. The highest BCUT2D eigenvalue weighted by Crippen LogP contribution is 2.31. The number of nitrogens with two attached hydrogens (primary N) is 1. The van der Waals surface area contributed by atoms with Crippen LogP contribution in [0.25, 0.3) is 0 Å². The zero-order valence-corrected chi connectivity index (χ0v) is 9.93. The Morgan fingerprint density at radius 3 is 2.47 bits per heavy atom. The normalized spacial score (nSPS) is 25.2. The number of carbonyl (C=O) groups is 1. The molecule has 1 fully saturated rings. The van der Waals surface area contributed by atoms with Gasteiger partial charge in [0.25, 0.3) is 0 Å². The van der Waals surface area contributed by atoms with Gasteiger partial charge in [0.2, 0.25) is 0 Å². The van der Waals surface area contributed by atoms with E-state index in [2.05, 4.69) is 0 Å². The first-order valence-corrected chi connectivity index (χ1v) is 6.25. The van der Waals surface area contributed by atoms with Gasteiger partial charge in [-0.15, -0.1) is 0 Å². The second-order valence-corrected chi connectivity index (χ2v) is 4.89. The first kappa shape index (κ1) is 12.1. The van der Waals surface area contributed by atoms with Crippen molar-refractivity contribution in [3.8, 4) is 0 Å². The van der Waals surface area contributed by atoms with Crippen molar-refractivity contribution in [2.24, 2.45) is 5.73 Å². The van der Waals surface area contributed by atoms with Gasteiger partial charge in [0.15, 0.2) is 0 Å². The van der Waals surface area contributed by atoms with Gasteiger partial charge >= 0.3 is 5.97 Å². The summed E-state index contributed by atoms with van der Waals surface area (Å²) in [5.74, 6) is -0.314. The van der Waals surface area contributed by atoms with Crippen LogP contribution in [0.2, 0.25) is 0 Å². The van der Waals surface area contributed by atoms with E-state index in [1.807, 2.05) is 12.1 Å². The molecule has 2 rings (SSSR count). The lowest BCUT2D eigenvalue weighted by atomic mass is 9.91. The molecule has 0 amide bonds. The topological polar surface area (TPSA) is 63.3 Å². The first-order valence-electron chi connectivity index (χ1n) is 6.25.